The van der Waals surface area contributed by atoms with E-state index in [4.69, 9.17) is 4.74 Å². The van der Waals surface area contributed by atoms with Crippen molar-refractivity contribution < 1.29 is 23.9 Å². The van der Waals surface area contributed by atoms with Gasteiger partial charge in [-0.05, 0) is 37.3 Å². The zero-order valence-electron chi connectivity index (χ0n) is 15.2. The summed E-state index contributed by atoms with van der Waals surface area (Å²) in [7, 11) is 0. The van der Waals surface area contributed by atoms with Gasteiger partial charge in [0.05, 0.1) is 6.61 Å². The SMILES string of the molecule is CCOC(=O)CCCNC(=O)CN1C(=O)N[C@]2(CCc3ccccc32)C1=O. The summed E-state index contributed by atoms with van der Waals surface area (Å²) in [6, 6.07) is 6.98. The molecule has 144 valence electrons. The number of hydrogen-bond acceptors (Lipinski definition) is 5. The molecule has 2 aliphatic rings. The van der Waals surface area contributed by atoms with Crippen LogP contribution in [0.25, 0.3) is 0 Å². The molecule has 2 N–H and O–H groups in total. The normalized spacial score (nSPS) is 20.6. The number of nitrogens with one attached hydrogen (secondary N) is 2. The Hall–Kier alpha value is -2.90. The Morgan fingerprint density at radius 3 is 2.85 bits per heavy atom. The molecule has 1 aliphatic heterocycles. The van der Waals surface area contributed by atoms with Crippen LogP contribution >= 0.6 is 0 Å². The van der Waals surface area contributed by atoms with Crippen molar-refractivity contribution in [3.8, 4) is 0 Å². The number of nitrogens with zero attached hydrogens (tertiary/aromatic N) is 1. The van der Waals surface area contributed by atoms with E-state index in [0.29, 0.717) is 25.9 Å². The third-order valence-corrected chi connectivity index (χ3v) is 4.91. The van der Waals surface area contributed by atoms with Gasteiger partial charge in [-0.25, -0.2) is 4.79 Å². The average molecular weight is 373 g/mol. The number of fused-ring (bicyclic) bond motifs is 2. The summed E-state index contributed by atoms with van der Waals surface area (Å²) in [5.74, 6) is -1.15. The lowest BCUT2D eigenvalue weighted by atomic mass is 9.92. The van der Waals surface area contributed by atoms with Crippen molar-refractivity contribution in [3.05, 3.63) is 35.4 Å². The van der Waals surface area contributed by atoms with Gasteiger partial charge in [0.15, 0.2) is 0 Å². The Bertz CT molecular complexity index is 778. The average Bonchev–Trinajstić information content (AvgIpc) is 3.13. The Morgan fingerprint density at radius 2 is 2.07 bits per heavy atom. The van der Waals surface area contributed by atoms with Crippen molar-refractivity contribution in [2.45, 2.75) is 38.1 Å². The molecule has 1 spiro atoms. The monoisotopic (exact) mass is 373 g/mol. The largest absolute Gasteiger partial charge is 0.466 e. The molecule has 1 heterocycles. The summed E-state index contributed by atoms with van der Waals surface area (Å²) in [5.41, 5.74) is 0.787. The van der Waals surface area contributed by atoms with Crippen molar-refractivity contribution in [1.82, 2.24) is 15.5 Å². The van der Waals surface area contributed by atoms with E-state index in [1.165, 1.54) is 0 Å². The van der Waals surface area contributed by atoms with Gasteiger partial charge in [-0.2, -0.15) is 0 Å². The first-order valence-electron chi connectivity index (χ1n) is 9.12. The Labute approximate surface area is 157 Å². The number of amides is 4. The van der Waals surface area contributed by atoms with E-state index in [1.807, 2.05) is 24.3 Å². The molecule has 1 fully saturated rings. The van der Waals surface area contributed by atoms with Gasteiger partial charge in [-0.3, -0.25) is 19.3 Å². The minimum absolute atomic E-state index is 0.206. The van der Waals surface area contributed by atoms with Gasteiger partial charge in [-0.1, -0.05) is 24.3 Å². The van der Waals surface area contributed by atoms with Crippen molar-refractivity contribution in [2.24, 2.45) is 0 Å². The number of rotatable bonds is 7. The van der Waals surface area contributed by atoms with Crippen molar-refractivity contribution in [3.63, 3.8) is 0 Å². The van der Waals surface area contributed by atoms with Crippen molar-refractivity contribution in [2.75, 3.05) is 19.7 Å². The van der Waals surface area contributed by atoms with Gasteiger partial charge in [-0.15, -0.1) is 0 Å². The maximum Gasteiger partial charge on any atom is 0.325 e. The van der Waals surface area contributed by atoms with Crippen molar-refractivity contribution in [1.29, 1.82) is 0 Å². The molecule has 8 heteroatoms. The zero-order valence-corrected chi connectivity index (χ0v) is 15.2. The van der Waals surface area contributed by atoms with Crippen LogP contribution < -0.4 is 10.6 Å². The highest BCUT2D eigenvalue weighted by molar-refractivity contribution is 6.09. The highest BCUT2D eigenvalue weighted by Crippen LogP contribution is 2.41. The van der Waals surface area contributed by atoms with Gasteiger partial charge >= 0.3 is 12.0 Å². The minimum atomic E-state index is -1.06. The fourth-order valence-electron chi connectivity index (χ4n) is 3.63. The van der Waals surface area contributed by atoms with Gasteiger partial charge in [0.25, 0.3) is 5.91 Å². The summed E-state index contributed by atoms with van der Waals surface area (Å²) in [4.78, 5) is 49.6. The Balaban J connectivity index is 1.56. The molecule has 0 unspecified atom stereocenters. The number of aryl methyl sites for hydroxylation is 1. The fraction of sp³-hybridized carbons (Fsp3) is 0.474. The number of carbonyl (C=O) groups is 4. The van der Waals surface area contributed by atoms with E-state index < -0.39 is 17.5 Å². The predicted molar refractivity (Wildman–Crippen MR) is 95.6 cm³/mol. The number of hydrogen-bond donors (Lipinski definition) is 2. The minimum Gasteiger partial charge on any atom is -0.466 e. The summed E-state index contributed by atoms with van der Waals surface area (Å²) in [6.07, 6.45) is 1.84. The number of urea groups is 1. The molecular weight excluding hydrogens is 350 g/mol. The lowest BCUT2D eigenvalue weighted by Crippen LogP contribution is -2.44. The molecule has 0 radical (unpaired) electrons. The second-order valence-corrected chi connectivity index (χ2v) is 6.64. The smallest absolute Gasteiger partial charge is 0.325 e. The molecule has 8 nitrogen and oxygen atoms in total. The second-order valence-electron chi connectivity index (χ2n) is 6.64. The molecule has 1 aromatic rings. The predicted octanol–water partition coefficient (Wildman–Crippen LogP) is 0.839. The third-order valence-electron chi connectivity index (χ3n) is 4.91. The standard InChI is InChI=1S/C19H23N3O5/c1-2-27-16(24)8-5-11-20-15(23)12-22-17(25)19(21-18(22)26)10-9-13-6-3-4-7-14(13)19/h3-4,6-7H,2,5,8-12H2,1H3,(H,20,23)(H,21,26)/t19-/m0/s1. The van der Waals surface area contributed by atoms with Crippen LogP contribution in [0.5, 0.6) is 0 Å². The van der Waals surface area contributed by atoms with Crippen LogP contribution in [-0.2, 0) is 31.1 Å². The van der Waals surface area contributed by atoms with Gasteiger partial charge in [0.2, 0.25) is 5.91 Å². The molecule has 4 amide bonds. The lowest BCUT2D eigenvalue weighted by Gasteiger charge is -2.22. The van der Waals surface area contributed by atoms with Crippen LogP contribution in [0.2, 0.25) is 0 Å². The summed E-state index contributed by atoms with van der Waals surface area (Å²) in [6.45, 7) is 1.98. The number of imide groups is 1. The first-order valence-corrected chi connectivity index (χ1v) is 9.12. The van der Waals surface area contributed by atoms with Crippen LogP contribution in [0.3, 0.4) is 0 Å². The number of esters is 1. The van der Waals surface area contributed by atoms with Gasteiger partial charge in [0.1, 0.15) is 12.1 Å². The molecular formula is C19H23N3O5. The third kappa shape index (κ3) is 3.65. The molecule has 1 aromatic carbocycles. The zero-order chi connectivity index (χ0) is 19.4. The Morgan fingerprint density at radius 1 is 1.30 bits per heavy atom. The number of ether oxygens (including phenoxy) is 1. The van der Waals surface area contributed by atoms with Crippen LogP contribution in [0.4, 0.5) is 4.79 Å². The number of benzene rings is 1. The molecule has 1 aliphatic carbocycles. The molecule has 0 saturated carbocycles. The quantitative estimate of drug-likeness (QED) is 0.419. The van der Waals surface area contributed by atoms with E-state index in [9.17, 15) is 19.2 Å². The van der Waals surface area contributed by atoms with Crippen molar-refractivity contribution >= 4 is 23.8 Å². The highest BCUT2D eigenvalue weighted by atomic mass is 16.5. The lowest BCUT2D eigenvalue weighted by molar-refractivity contribution is -0.143. The van der Waals surface area contributed by atoms with Crippen LogP contribution in [0.1, 0.15) is 37.3 Å². The van der Waals surface area contributed by atoms with Crippen LogP contribution in [0, 0.1) is 0 Å². The van der Waals surface area contributed by atoms with E-state index >= 15 is 0 Å². The topological polar surface area (TPSA) is 105 Å². The first-order chi connectivity index (χ1) is 13.0. The summed E-state index contributed by atoms with van der Waals surface area (Å²) < 4.78 is 4.81. The molecule has 27 heavy (non-hydrogen) atoms. The van der Waals surface area contributed by atoms with Crippen LogP contribution in [-0.4, -0.2) is 48.4 Å². The molecule has 0 aromatic heterocycles. The summed E-state index contributed by atoms with van der Waals surface area (Å²) >= 11 is 0. The highest BCUT2D eigenvalue weighted by Gasteiger charge is 2.55. The molecule has 1 atom stereocenters. The first kappa shape index (κ1) is 18.9. The fourth-order valence-corrected chi connectivity index (χ4v) is 3.63. The van der Waals surface area contributed by atoms with Gasteiger partial charge in [0, 0.05) is 13.0 Å². The van der Waals surface area contributed by atoms with E-state index in [-0.39, 0.29) is 31.4 Å². The maximum absolute atomic E-state index is 12.9. The summed E-state index contributed by atoms with van der Waals surface area (Å²) in [5, 5.41) is 5.41. The van der Waals surface area contributed by atoms with Gasteiger partial charge < -0.3 is 15.4 Å². The molecule has 3 rings (SSSR count). The van der Waals surface area contributed by atoms with E-state index in [1.54, 1.807) is 6.92 Å². The second kappa shape index (κ2) is 7.77. The molecule has 1 saturated heterocycles. The van der Waals surface area contributed by atoms with E-state index in [2.05, 4.69) is 10.6 Å². The Kier molecular flexibility index (Phi) is 5.43. The number of carbonyl (C=O) groups excluding carboxylic acids is 4. The van der Waals surface area contributed by atoms with E-state index in [0.717, 1.165) is 16.0 Å². The van der Waals surface area contributed by atoms with Crippen LogP contribution in [0.15, 0.2) is 24.3 Å². The maximum atomic E-state index is 12.9. The molecule has 0 bridgehead atoms.